The van der Waals surface area contributed by atoms with Gasteiger partial charge in [-0.3, -0.25) is 14.6 Å². The van der Waals surface area contributed by atoms with Crippen LogP contribution in [0, 0.1) is 12.3 Å². The SMILES string of the molecule is Cc1ccc(-c2ccc(C[C@]3(C(=O)N(C)C)CCCN(C(=O)c4cnccn4)C3)cc2)cc1. The molecule has 1 atom stereocenters. The van der Waals surface area contributed by atoms with E-state index in [2.05, 4.69) is 65.4 Å². The molecule has 0 saturated carbocycles. The maximum atomic E-state index is 13.4. The number of hydrogen-bond acceptors (Lipinski definition) is 4. The average Bonchev–Trinajstić information content (AvgIpc) is 2.85. The van der Waals surface area contributed by atoms with Crippen LogP contribution in [0.15, 0.2) is 67.1 Å². The van der Waals surface area contributed by atoms with Crippen molar-refractivity contribution in [1.82, 2.24) is 19.8 Å². The van der Waals surface area contributed by atoms with E-state index in [1.165, 1.54) is 23.5 Å². The van der Waals surface area contributed by atoms with Crippen LogP contribution in [0.1, 0.15) is 34.5 Å². The zero-order chi connectivity index (χ0) is 23.4. The number of benzene rings is 2. The van der Waals surface area contributed by atoms with Crippen LogP contribution in [0.4, 0.5) is 0 Å². The molecular formula is C27H30N4O2. The smallest absolute Gasteiger partial charge is 0.274 e. The molecule has 1 aliphatic rings. The molecule has 1 aliphatic heterocycles. The summed E-state index contributed by atoms with van der Waals surface area (Å²) in [5.41, 5.74) is 4.30. The normalized spacial score (nSPS) is 18.1. The second kappa shape index (κ2) is 9.53. The van der Waals surface area contributed by atoms with Crippen molar-refractivity contribution in [3.05, 3.63) is 83.9 Å². The minimum atomic E-state index is -0.662. The first kappa shape index (κ1) is 22.6. The molecule has 170 valence electrons. The fourth-order valence-electron chi connectivity index (χ4n) is 4.70. The first-order valence-electron chi connectivity index (χ1n) is 11.3. The number of nitrogens with zero attached hydrogens (tertiary/aromatic N) is 4. The molecule has 0 aliphatic carbocycles. The summed E-state index contributed by atoms with van der Waals surface area (Å²) in [6.07, 6.45) is 6.65. The third-order valence-corrected chi connectivity index (χ3v) is 6.39. The van der Waals surface area contributed by atoms with Gasteiger partial charge in [0.2, 0.25) is 5.91 Å². The van der Waals surface area contributed by atoms with Crippen molar-refractivity contribution < 1.29 is 9.59 Å². The van der Waals surface area contributed by atoms with Gasteiger partial charge in [0.25, 0.3) is 5.91 Å². The molecular weight excluding hydrogens is 412 g/mol. The van der Waals surface area contributed by atoms with Crippen molar-refractivity contribution in [2.24, 2.45) is 5.41 Å². The van der Waals surface area contributed by atoms with E-state index >= 15 is 0 Å². The number of rotatable bonds is 5. The fourth-order valence-corrected chi connectivity index (χ4v) is 4.70. The lowest BCUT2D eigenvalue weighted by Gasteiger charge is -2.43. The second-order valence-corrected chi connectivity index (χ2v) is 9.14. The third kappa shape index (κ3) is 4.95. The van der Waals surface area contributed by atoms with Crippen molar-refractivity contribution in [3.63, 3.8) is 0 Å². The van der Waals surface area contributed by atoms with Crippen LogP contribution in [0.2, 0.25) is 0 Å². The highest BCUT2D eigenvalue weighted by Crippen LogP contribution is 2.36. The van der Waals surface area contributed by atoms with E-state index in [4.69, 9.17) is 0 Å². The highest BCUT2D eigenvalue weighted by atomic mass is 16.2. The van der Waals surface area contributed by atoms with Gasteiger partial charge in [0.15, 0.2) is 0 Å². The standard InChI is InChI=1S/C27H30N4O2/c1-20-5-9-22(10-6-20)23-11-7-21(8-12-23)17-27(26(33)30(2)3)13-4-16-31(19-27)25(32)24-18-28-14-15-29-24/h5-12,14-15,18H,4,13,16-17,19H2,1-3H3/t27-/m1/s1. The predicted octanol–water partition coefficient (Wildman–Crippen LogP) is 4.01. The summed E-state index contributed by atoms with van der Waals surface area (Å²) in [6, 6.07) is 16.9. The lowest BCUT2D eigenvalue weighted by Crippen LogP contribution is -2.54. The van der Waals surface area contributed by atoms with Gasteiger partial charge in [-0.05, 0) is 42.9 Å². The van der Waals surface area contributed by atoms with Gasteiger partial charge in [-0.15, -0.1) is 0 Å². The lowest BCUT2D eigenvalue weighted by atomic mass is 9.73. The number of carbonyl (C=O) groups excluding carboxylic acids is 2. The Labute approximate surface area is 195 Å². The second-order valence-electron chi connectivity index (χ2n) is 9.14. The monoisotopic (exact) mass is 442 g/mol. The molecule has 1 fully saturated rings. The molecule has 1 aromatic heterocycles. The van der Waals surface area contributed by atoms with Crippen molar-refractivity contribution in [2.45, 2.75) is 26.2 Å². The Hall–Kier alpha value is -3.54. The average molecular weight is 443 g/mol. The van der Waals surface area contributed by atoms with Crippen LogP contribution in [0.3, 0.4) is 0 Å². The van der Waals surface area contributed by atoms with Gasteiger partial charge < -0.3 is 9.80 Å². The maximum absolute atomic E-state index is 13.4. The Kier molecular flexibility index (Phi) is 6.54. The number of likely N-dealkylation sites (tertiary alicyclic amines) is 1. The summed E-state index contributed by atoms with van der Waals surface area (Å²) in [5, 5.41) is 0. The van der Waals surface area contributed by atoms with E-state index in [0.717, 1.165) is 24.0 Å². The summed E-state index contributed by atoms with van der Waals surface area (Å²) in [4.78, 5) is 38.1. The number of carbonyl (C=O) groups is 2. The summed E-state index contributed by atoms with van der Waals surface area (Å²) in [5.74, 6) is -0.116. The molecule has 1 saturated heterocycles. The first-order valence-corrected chi connectivity index (χ1v) is 11.3. The molecule has 0 N–H and O–H groups in total. The van der Waals surface area contributed by atoms with E-state index in [1.807, 2.05) is 0 Å². The Morgan fingerprint density at radius 3 is 2.27 bits per heavy atom. The molecule has 6 nitrogen and oxygen atoms in total. The molecule has 0 spiro atoms. The van der Waals surface area contributed by atoms with E-state index in [1.54, 1.807) is 30.1 Å². The minimum Gasteiger partial charge on any atom is -0.348 e. The first-order chi connectivity index (χ1) is 15.9. The molecule has 33 heavy (non-hydrogen) atoms. The van der Waals surface area contributed by atoms with Crippen molar-refractivity contribution in [3.8, 4) is 11.1 Å². The molecule has 2 heterocycles. The van der Waals surface area contributed by atoms with Gasteiger partial charge >= 0.3 is 0 Å². The van der Waals surface area contributed by atoms with Crippen LogP contribution in [-0.2, 0) is 11.2 Å². The molecule has 2 amide bonds. The topological polar surface area (TPSA) is 66.4 Å². The van der Waals surface area contributed by atoms with Crippen LogP contribution >= 0.6 is 0 Å². The Bertz CT molecular complexity index is 1110. The van der Waals surface area contributed by atoms with E-state index in [-0.39, 0.29) is 11.8 Å². The zero-order valence-electron chi connectivity index (χ0n) is 19.5. The van der Waals surface area contributed by atoms with Gasteiger partial charge in [0.1, 0.15) is 5.69 Å². The maximum Gasteiger partial charge on any atom is 0.274 e. The molecule has 4 rings (SSSR count). The molecule has 6 heteroatoms. The number of amides is 2. The molecule has 2 aromatic carbocycles. The molecule has 0 radical (unpaired) electrons. The van der Waals surface area contributed by atoms with E-state index in [0.29, 0.717) is 25.2 Å². The van der Waals surface area contributed by atoms with Crippen LogP contribution in [0.25, 0.3) is 11.1 Å². The quantitative estimate of drug-likeness (QED) is 0.599. The van der Waals surface area contributed by atoms with Gasteiger partial charge in [-0.1, -0.05) is 54.1 Å². The summed E-state index contributed by atoms with van der Waals surface area (Å²) in [7, 11) is 3.57. The predicted molar refractivity (Wildman–Crippen MR) is 129 cm³/mol. The Morgan fingerprint density at radius 1 is 1.00 bits per heavy atom. The summed E-state index contributed by atoms with van der Waals surface area (Å²) in [6.45, 7) is 3.07. The van der Waals surface area contributed by atoms with Gasteiger partial charge in [0, 0.05) is 39.6 Å². The third-order valence-electron chi connectivity index (χ3n) is 6.39. The van der Waals surface area contributed by atoms with Crippen LogP contribution in [0.5, 0.6) is 0 Å². The molecule has 0 bridgehead atoms. The van der Waals surface area contributed by atoms with Crippen LogP contribution < -0.4 is 0 Å². The van der Waals surface area contributed by atoms with Gasteiger partial charge in [-0.2, -0.15) is 0 Å². The van der Waals surface area contributed by atoms with Crippen molar-refractivity contribution in [1.29, 1.82) is 0 Å². The number of aryl methyl sites for hydroxylation is 1. The Balaban J connectivity index is 1.58. The highest BCUT2D eigenvalue weighted by molar-refractivity contribution is 5.93. The number of piperidine rings is 1. The molecule has 3 aromatic rings. The van der Waals surface area contributed by atoms with Crippen molar-refractivity contribution in [2.75, 3.05) is 27.2 Å². The largest absolute Gasteiger partial charge is 0.348 e. The highest BCUT2D eigenvalue weighted by Gasteiger charge is 2.44. The van der Waals surface area contributed by atoms with Crippen LogP contribution in [-0.4, -0.2) is 58.8 Å². The zero-order valence-corrected chi connectivity index (χ0v) is 19.5. The fraction of sp³-hybridized carbons (Fsp3) is 0.333. The summed E-state index contributed by atoms with van der Waals surface area (Å²) >= 11 is 0. The van der Waals surface area contributed by atoms with Gasteiger partial charge in [-0.25, -0.2) is 4.98 Å². The van der Waals surface area contributed by atoms with E-state index in [9.17, 15) is 9.59 Å². The molecule has 0 unspecified atom stereocenters. The van der Waals surface area contributed by atoms with E-state index < -0.39 is 5.41 Å². The Morgan fingerprint density at radius 2 is 1.67 bits per heavy atom. The van der Waals surface area contributed by atoms with Gasteiger partial charge in [0.05, 0.1) is 11.6 Å². The minimum absolute atomic E-state index is 0.0572. The summed E-state index contributed by atoms with van der Waals surface area (Å²) < 4.78 is 0. The van der Waals surface area contributed by atoms with Crippen molar-refractivity contribution >= 4 is 11.8 Å². The lowest BCUT2D eigenvalue weighted by molar-refractivity contribution is -0.142. The number of aromatic nitrogens is 2. The number of hydrogen-bond donors (Lipinski definition) is 0.